The topological polar surface area (TPSA) is 182 Å². The molecule has 0 aliphatic heterocycles. The second kappa shape index (κ2) is 22.6. The number of aliphatic hydroxyl groups is 4. The van der Waals surface area contributed by atoms with E-state index in [9.17, 15) is 28.6 Å². The molecule has 0 heterocycles. The Labute approximate surface area is 356 Å². The van der Waals surface area contributed by atoms with Gasteiger partial charge in [0.1, 0.15) is 24.3 Å². The monoisotopic (exact) mass is 1130 g/mol. The minimum atomic E-state index is -1.13. The van der Waals surface area contributed by atoms with Gasteiger partial charge in [-0.2, -0.15) is 0 Å². The first-order chi connectivity index (χ1) is 25.1. The van der Waals surface area contributed by atoms with Gasteiger partial charge in [0.2, 0.25) is 0 Å². The first kappa shape index (κ1) is 45.4. The Balaban J connectivity index is 0.000000286. The summed E-state index contributed by atoms with van der Waals surface area (Å²) in [6.45, 7) is -1.19. The lowest BCUT2D eigenvalue weighted by Crippen LogP contribution is -2.30. The van der Waals surface area contributed by atoms with Crippen LogP contribution in [-0.4, -0.2) is 70.9 Å². The number of carbonyl (C=O) groups excluding carboxylic acids is 2. The molecule has 0 spiro atoms. The summed E-state index contributed by atoms with van der Waals surface area (Å²) in [5, 5.41) is 42.6. The molecule has 0 bridgehead atoms. The number of benzene rings is 4. The zero-order valence-electron chi connectivity index (χ0n) is 26.9. The molecule has 2 amide bonds. The summed E-state index contributed by atoms with van der Waals surface area (Å²) in [7, 11) is 0. The lowest BCUT2D eigenvalue weighted by atomic mass is 10.1. The van der Waals surface area contributed by atoms with Crippen molar-refractivity contribution >= 4 is 135 Å². The van der Waals surface area contributed by atoms with E-state index in [0.29, 0.717) is 21.4 Å². The van der Waals surface area contributed by atoms with Gasteiger partial charge in [-0.25, -0.2) is 19.7 Å². The summed E-state index contributed by atoms with van der Waals surface area (Å²) in [6, 6.07) is 15.4. The first-order valence-corrected chi connectivity index (χ1v) is 19.5. The third kappa shape index (κ3) is 14.6. The minimum Gasteiger partial charge on any atom is -0.394 e. The average Bonchev–Trinajstić information content (AvgIpc) is 3.11. The molecule has 0 aliphatic rings. The largest absolute Gasteiger partial charge is 0.394 e. The third-order valence-corrected chi connectivity index (χ3v) is 9.77. The number of hydroxylamine groups is 2. The van der Waals surface area contributed by atoms with Gasteiger partial charge in [0, 0.05) is 13.6 Å². The quantitative estimate of drug-likeness (QED) is 0.0336. The van der Waals surface area contributed by atoms with Crippen molar-refractivity contribution in [1.82, 2.24) is 11.0 Å². The Morgan fingerprint density at radius 1 is 0.698 bits per heavy atom. The molecule has 0 fully saturated rings. The molecule has 4 rings (SSSR count). The fourth-order valence-electron chi connectivity index (χ4n) is 3.92. The molecule has 286 valence electrons. The van der Waals surface area contributed by atoms with Crippen LogP contribution in [0.5, 0.6) is 0 Å². The van der Waals surface area contributed by atoms with Crippen molar-refractivity contribution in [2.45, 2.75) is 18.6 Å². The smallest absolute Gasteiger partial charge is 0.276 e. The molecule has 53 heavy (non-hydrogen) atoms. The number of rotatable bonds is 15. The van der Waals surface area contributed by atoms with E-state index in [2.05, 4.69) is 98.6 Å². The first-order valence-electron chi connectivity index (χ1n) is 15.0. The van der Waals surface area contributed by atoms with Crippen molar-refractivity contribution in [3.8, 4) is 0 Å². The SMILES string of the molecule is O=C(NOCC(O)CO)c1cc(Br)c(F)cc1Nc1ccc(I)cc1Cl.O=C(NOCCC(O)CO)c1cc(Br)c(F)cc1Nc1ccc(I)cc1Cl. The molecule has 4 aromatic carbocycles. The third-order valence-electron chi connectivity index (χ3n) is 6.59. The van der Waals surface area contributed by atoms with Gasteiger partial charge in [0.05, 0.1) is 78.8 Å². The summed E-state index contributed by atoms with van der Waals surface area (Å²) in [4.78, 5) is 34.6. The van der Waals surface area contributed by atoms with Crippen LogP contribution in [0, 0.1) is 18.8 Å². The second-order valence-corrected chi connectivity index (χ2v) is 15.6. The van der Waals surface area contributed by atoms with Gasteiger partial charge >= 0.3 is 0 Å². The normalized spacial score (nSPS) is 11.9. The van der Waals surface area contributed by atoms with Crippen LogP contribution < -0.4 is 21.6 Å². The maximum atomic E-state index is 14.0. The van der Waals surface area contributed by atoms with Crippen molar-refractivity contribution in [2.24, 2.45) is 0 Å². The standard InChI is InChI=1S/C17H16BrClFIN2O4.C16H14BrClFIN2O4/c18-12-6-11(17(26)23-27-4-3-10(25)8-24)16(7-14(12)20)22-15-2-1-9(21)5-13(15)19;17-11-4-10(16(25)22-26-7-9(24)6-23)15(5-13(11)19)21-14-2-1-8(20)3-12(14)18/h1-2,5-7,10,22,24-25H,3-4,8H2,(H,23,26);1-5,9,21,23-24H,6-7H2,(H,22,25). The van der Waals surface area contributed by atoms with Gasteiger partial charge in [0.15, 0.2) is 0 Å². The lowest BCUT2D eigenvalue weighted by molar-refractivity contribution is -0.0295. The maximum absolute atomic E-state index is 14.0. The Morgan fingerprint density at radius 2 is 1.13 bits per heavy atom. The van der Waals surface area contributed by atoms with E-state index in [0.717, 1.165) is 13.2 Å². The van der Waals surface area contributed by atoms with Crippen molar-refractivity contribution in [1.29, 1.82) is 0 Å². The number of hydrogen-bond acceptors (Lipinski definition) is 10. The molecular formula is C33H30Br2Cl2F2I2N4O8. The van der Waals surface area contributed by atoms with E-state index >= 15 is 0 Å². The fraction of sp³-hybridized carbons (Fsp3) is 0.212. The minimum absolute atomic E-state index is 0.00153. The summed E-state index contributed by atoms with van der Waals surface area (Å²) in [6.07, 6.45) is -1.91. The maximum Gasteiger partial charge on any atom is 0.276 e. The molecule has 2 atom stereocenters. The number of halogens is 8. The molecule has 0 aromatic heterocycles. The molecule has 0 saturated heterocycles. The van der Waals surface area contributed by atoms with E-state index < -0.39 is 48.9 Å². The Kier molecular flexibility index (Phi) is 19.3. The van der Waals surface area contributed by atoms with Crippen molar-refractivity contribution in [2.75, 3.05) is 37.1 Å². The van der Waals surface area contributed by atoms with Gasteiger partial charge in [-0.3, -0.25) is 19.3 Å². The fourth-order valence-corrected chi connectivity index (χ4v) is 6.41. The predicted octanol–water partition coefficient (Wildman–Crippen LogP) is 7.60. The lowest BCUT2D eigenvalue weighted by Gasteiger charge is -2.15. The number of carbonyl (C=O) groups is 2. The highest BCUT2D eigenvalue weighted by Crippen LogP contribution is 2.33. The van der Waals surface area contributed by atoms with Gasteiger partial charge in [-0.05, 0) is 138 Å². The van der Waals surface area contributed by atoms with Gasteiger partial charge < -0.3 is 31.1 Å². The molecule has 8 N–H and O–H groups in total. The van der Waals surface area contributed by atoms with Crippen molar-refractivity contribution < 1.29 is 48.5 Å². The summed E-state index contributed by atoms with van der Waals surface area (Å²) >= 11 is 22.7. The van der Waals surface area contributed by atoms with Crippen LogP contribution in [-0.2, 0) is 9.68 Å². The van der Waals surface area contributed by atoms with Crippen molar-refractivity contribution in [3.05, 3.63) is 110 Å². The molecule has 0 radical (unpaired) electrons. The molecule has 20 heteroatoms. The second-order valence-electron chi connectivity index (χ2n) is 10.6. The summed E-state index contributed by atoms with van der Waals surface area (Å²) in [5.74, 6) is -2.40. The number of nitrogens with one attached hydrogen (secondary N) is 4. The Morgan fingerprint density at radius 3 is 1.55 bits per heavy atom. The average molecular weight is 1130 g/mol. The highest BCUT2D eigenvalue weighted by molar-refractivity contribution is 14.1. The number of amides is 2. The van der Waals surface area contributed by atoms with Gasteiger partial charge in [-0.1, -0.05) is 23.2 Å². The zero-order valence-corrected chi connectivity index (χ0v) is 35.9. The summed E-state index contributed by atoms with van der Waals surface area (Å²) < 4.78 is 30.0. The number of hydrogen-bond donors (Lipinski definition) is 8. The predicted molar refractivity (Wildman–Crippen MR) is 221 cm³/mol. The van der Waals surface area contributed by atoms with E-state index in [-0.39, 0.29) is 51.1 Å². The Bertz CT molecular complexity index is 1910. The summed E-state index contributed by atoms with van der Waals surface area (Å²) in [5.41, 5.74) is 5.97. The Hall–Kier alpha value is -1.96. The molecule has 0 aliphatic carbocycles. The molecule has 4 aromatic rings. The molecule has 12 nitrogen and oxygen atoms in total. The molecular weight excluding hydrogens is 1100 g/mol. The zero-order chi connectivity index (χ0) is 39.2. The van der Waals surface area contributed by atoms with Gasteiger partial charge in [0.25, 0.3) is 11.8 Å². The number of anilines is 4. The van der Waals surface area contributed by atoms with Crippen LogP contribution in [0.15, 0.2) is 69.6 Å². The molecule has 0 saturated carbocycles. The van der Waals surface area contributed by atoms with Crippen molar-refractivity contribution in [3.63, 3.8) is 0 Å². The van der Waals surface area contributed by atoms with E-state index in [4.69, 9.17) is 43.1 Å². The van der Waals surface area contributed by atoms with E-state index in [1.807, 2.05) is 12.1 Å². The molecule has 2 unspecified atom stereocenters. The van der Waals surface area contributed by atoms with Crippen LogP contribution in [0.4, 0.5) is 31.5 Å². The van der Waals surface area contributed by atoms with Gasteiger partial charge in [-0.15, -0.1) is 0 Å². The highest BCUT2D eigenvalue weighted by Gasteiger charge is 2.19. The van der Waals surface area contributed by atoms with Crippen LogP contribution in [0.3, 0.4) is 0 Å². The van der Waals surface area contributed by atoms with Crippen LogP contribution in [0.25, 0.3) is 0 Å². The van der Waals surface area contributed by atoms with Crippen LogP contribution >= 0.6 is 100 Å². The van der Waals surface area contributed by atoms with Crippen LogP contribution in [0.2, 0.25) is 10.0 Å². The van der Waals surface area contributed by atoms with Crippen LogP contribution in [0.1, 0.15) is 27.1 Å². The highest BCUT2D eigenvalue weighted by atomic mass is 127. The van der Waals surface area contributed by atoms with E-state index in [1.165, 1.54) is 18.2 Å². The number of aliphatic hydroxyl groups excluding tert-OH is 4. The van der Waals surface area contributed by atoms with E-state index in [1.54, 1.807) is 24.3 Å².